The highest BCUT2D eigenvalue weighted by Gasteiger charge is 2.08. The lowest BCUT2D eigenvalue weighted by molar-refractivity contribution is -0.115. The van der Waals surface area contributed by atoms with E-state index in [1.54, 1.807) is 23.7 Å². The fourth-order valence-electron chi connectivity index (χ4n) is 1.54. The standard InChI is InChI=1S/C11H11N3O2S/c1-14-8-5-3-2-4-7(8)10(16)13-11(14)17-6-9(12)15/h2-5H,6H2,1H3,(H2,12,15). The van der Waals surface area contributed by atoms with Gasteiger partial charge < -0.3 is 10.3 Å². The van der Waals surface area contributed by atoms with Gasteiger partial charge in [-0.15, -0.1) is 0 Å². The van der Waals surface area contributed by atoms with Gasteiger partial charge in [0.1, 0.15) is 0 Å². The van der Waals surface area contributed by atoms with Crippen LogP contribution in [0, 0.1) is 0 Å². The average molecular weight is 249 g/mol. The number of hydrogen-bond acceptors (Lipinski definition) is 4. The van der Waals surface area contributed by atoms with Crippen molar-refractivity contribution in [3.63, 3.8) is 0 Å². The Morgan fingerprint density at radius 3 is 2.88 bits per heavy atom. The number of rotatable bonds is 3. The molecule has 0 unspecified atom stereocenters. The number of aryl methyl sites for hydroxylation is 1. The van der Waals surface area contributed by atoms with Gasteiger partial charge in [-0.05, 0) is 12.1 Å². The molecule has 1 amide bonds. The first-order valence-corrected chi connectivity index (χ1v) is 5.95. The van der Waals surface area contributed by atoms with Gasteiger partial charge in [0.2, 0.25) is 5.91 Å². The summed E-state index contributed by atoms with van der Waals surface area (Å²) in [6.07, 6.45) is 0. The van der Waals surface area contributed by atoms with Crippen molar-refractivity contribution in [1.82, 2.24) is 9.55 Å². The largest absolute Gasteiger partial charge is 0.369 e. The van der Waals surface area contributed by atoms with Gasteiger partial charge >= 0.3 is 0 Å². The molecule has 0 aliphatic heterocycles. The summed E-state index contributed by atoms with van der Waals surface area (Å²) in [6, 6.07) is 7.21. The molecule has 2 N–H and O–H groups in total. The molecule has 0 atom stereocenters. The van der Waals surface area contributed by atoms with E-state index in [1.165, 1.54) is 0 Å². The summed E-state index contributed by atoms with van der Waals surface area (Å²) in [5.74, 6) is -0.323. The third-order valence-corrected chi connectivity index (χ3v) is 3.38. The lowest BCUT2D eigenvalue weighted by atomic mass is 10.2. The van der Waals surface area contributed by atoms with Gasteiger partial charge in [0.15, 0.2) is 5.16 Å². The van der Waals surface area contributed by atoms with Crippen LogP contribution in [0.1, 0.15) is 0 Å². The maximum atomic E-state index is 11.7. The van der Waals surface area contributed by atoms with Crippen molar-refractivity contribution in [2.24, 2.45) is 12.8 Å². The predicted octanol–water partition coefficient (Wildman–Crippen LogP) is 0.511. The van der Waals surface area contributed by atoms with Crippen LogP contribution in [-0.2, 0) is 11.8 Å². The van der Waals surface area contributed by atoms with E-state index in [-0.39, 0.29) is 11.3 Å². The first-order chi connectivity index (χ1) is 8.09. The molecule has 88 valence electrons. The normalized spacial score (nSPS) is 10.6. The molecule has 0 aliphatic rings. The quantitative estimate of drug-likeness (QED) is 0.635. The van der Waals surface area contributed by atoms with Crippen molar-refractivity contribution in [2.75, 3.05) is 5.75 Å². The van der Waals surface area contributed by atoms with Crippen LogP contribution in [0.2, 0.25) is 0 Å². The average Bonchev–Trinajstić information content (AvgIpc) is 2.32. The van der Waals surface area contributed by atoms with E-state index < -0.39 is 5.91 Å². The number of benzene rings is 1. The number of thioether (sulfide) groups is 1. The Balaban J connectivity index is 2.55. The second-order valence-electron chi connectivity index (χ2n) is 3.53. The Morgan fingerprint density at radius 2 is 2.18 bits per heavy atom. The van der Waals surface area contributed by atoms with Gasteiger partial charge in [-0.2, -0.15) is 4.98 Å². The number of primary amides is 1. The maximum Gasteiger partial charge on any atom is 0.281 e. The molecule has 0 saturated carbocycles. The van der Waals surface area contributed by atoms with E-state index in [0.717, 1.165) is 17.3 Å². The zero-order valence-electron chi connectivity index (χ0n) is 9.21. The first kappa shape index (κ1) is 11.7. The molecule has 0 bridgehead atoms. The highest BCUT2D eigenvalue weighted by Crippen LogP contribution is 2.17. The Kier molecular flexibility index (Phi) is 3.14. The molecule has 0 aliphatic carbocycles. The van der Waals surface area contributed by atoms with E-state index in [1.807, 2.05) is 12.1 Å². The minimum absolute atomic E-state index is 0.110. The van der Waals surface area contributed by atoms with Crippen LogP contribution < -0.4 is 11.3 Å². The summed E-state index contributed by atoms with van der Waals surface area (Å²) in [5, 5.41) is 1.06. The van der Waals surface area contributed by atoms with E-state index in [4.69, 9.17) is 5.73 Å². The van der Waals surface area contributed by atoms with E-state index in [2.05, 4.69) is 4.98 Å². The monoisotopic (exact) mass is 249 g/mol. The van der Waals surface area contributed by atoms with Crippen molar-refractivity contribution in [3.8, 4) is 0 Å². The number of para-hydroxylation sites is 1. The molecule has 1 aromatic carbocycles. The number of nitrogens with two attached hydrogens (primary N) is 1. The highest BCUT2D eigenvalue weighted by atomic mass is 32.2. The van der Waals surface area contributed by atoms with Crippen molar-refractivity contribution >= 4 is 28.6 Å². The zero-order valence-corrected chi connectivity index (χ0v) is 10.0. The molecule has 1 aromatic heterocycles. The maximum absolute atomic E-state index is 11.7. The summed E-state index contributed by atoms with van der Waals surface area (Å²) in [5.41, 5.74) is 5.57. The molecule has 0 radical (unpaired) electrons. The molecule has 0 fully saturated rings. The van der Waals surface area contributed by atoms with Crippen LogP contribution >= 0.6 is 11.8 Å². The molecule has 0 spiro atoms. The topological polar surface area (TPSA) is 78.0 Å². The number of carbonyl (C=O) groups is 1. The Labute approximate surface area is 102 Å². The Bertz CT molecular complexity index is 636. The molecule has 17 heavy (non-hydrogen) atoms. The molecular formula is C11H11N3O2S. The number of fused-ring (bicyclic) bond motifs is 1. The highest BCUT2D eigenvalue weighted by molar-refractivity contribution is 7.99. The summed E-state index contributed by atoms with van der Waals surface area (Å²) < 4.78 is 1.78. The van der Waals surface area contributed by atoms with E-state index >= 15 is 0 Å². The summed E-state index contributed by atoms with van der Waals surface area (Å²) in [7, 11) is 1.80. The van der Waals surface area contributed by atoms with Crippen molar-refractivity contribution in [3.05, 3.63) is 34.6 Å². The first-order valence-electron chi connectivity index (χ1n) is 4.96. The van der Waals surface area contributed by atoms with E-state index in [0.29, 0.717) is 10.5 Å². The van der Waals surface area contributed by atoms with Crippen LogP contribution in [-0.4, -0.2) is 21.2 Å². The van der Waals surface area contributed by atoms with Crippen LogP contribution in [0.25, 0.3) is 10.9 Å². The number of aromatic nitrogens is 2. The molecule has 0 saturated heterocycles. The fraction of sp³-hybridized carbons (Fsp3) is 0.182. The van der Waals surface area contributed by atoms with Crippen molar-refractivity contribution in [1.29, 1.82) is 0 Å². The summed E-state index contributed by atoms with van der Waals surface area (Å²) in [6.45, 7) is 0. The van der Waals surface area contributed by atoms with Gasteiger partial charge in [-0.3, -0.25) is 9.59 Å². The predicted molar refractivity (Wildman–Crippen MR) is 66.9 cm³/mol. The van der Waals surface area contributed by atoms with E-state index in [9.17, 15) is 9.59 Å². The Hall–Kier alpha value is -1.82. The molecule has 2 aromatic rings. The van der Waals surface area contributed by atoms with Crippen LogP contribution in [0.4, 0.5) is 0 Å². The fourth-order valence-corrected chi connectivity index (χ4v) is 2.25. The van der Waals surface area contributed by atoms with Crippen LogP contribution in [0.15, 0.2) is 34.2 Å². The van der Waals surface area contributed by atoms with Crippen LogP contribution in [0.3, 0.4) is 0 Å². The van der Waals surface area contributed by atoms with Crippen molar-refractivity contribution < 1.29 is 4.79 Å². The molecule has 1 heterocycles. The number of nitrogens with zero attached hydrogens (tertiary/aromatic N) is 2. The third kappa shape index (κ3) is 2.31. The smallest absolute Gasteiger partial charge is 0.281 e. The second-order valence-corrected chi connectivity index (χ2v) is 4.47. The third-order valence-electron chi connectivity index (χ3n) is 2.32. The van der Waals surface area contributed by atoms with Gasteiger partial charge in [0, 0.05) is 7.05 Å². The molecule has 5 nitrogen and oxygen atoms in total. The summed E-state index contributed by atoms with van der Waals surface area (Å²) >= 11 is 1.16. The minimum atomic E-state index is -0.433. The van der Waals surface area contributed by atoms with Crippen molar-refractivity contribution in [2.45, 2.75) is 5.16 Å². The van der Waals surface area contributed by atoms with Gasteiger partial charge in [-0.1, -0.05) is 23.9 Å². The lowest BCUT2D eigenvalue weighted by Crippen LogP contribution is -2.17. The number of amides is 1. The SMILES string of the molecule is Cn1c(SCC(N)=O)nc(=O)c2ccccc21. The second kappa shape index (κ2) is 4.58. The minimum Gasteiger partial charge on any atom is -0.369 e. The molecular weight excluding hydrogens is 238 g/mol. The molecule has 6 heteroatoms. The van der Waals surface area contributed by atoms with Crippen LogP contribution in [0.5, 0.6) is 0 Å². The lowest BCUT2D eigenvalue weighted by Gasteiger charge is -2.09. The summed E-state index contributed by atoms with van der Waals surface area (Å²) in [4.78, 5) is 26.4. The van der Waals surface area contributed by atoms with Gasteiger partial charge in [0.05, 0.1) is 16.7 Å². The zero-order chi connectivity index (χ0) is 12.4. The molecule has 2 rings (SSSR count). The van der Waals surface area contributed by atoms with Gasteiger partial charge in [-0.25, -0.2) is 0 Å². The van der Waals surface area contributed by atoms with Gasteiger partial charge in [0.25, 0.3) is 5.56 Å². The Morgan fingerprint density at radius 1 is 1.47 bits per heavy atom. The number of carbonyl (C=O) groups excluding carboxylic acids is 1. The number of hydrogen-bond donors (Lipinski definition) is 1.